The third kappa shape index (κ3) is 7.75. The maximum absolute atomic E-state index is 12.1. The van der Waals surface area contributed by atoms with Crippen LogP contribution in [0.3, 0.4) is 0 Å². The molecular formula is C36H32Cl2N2O3. The number of benzene rings is 4. The number of rotatable bonds is 11. The maximum atomic E-state index is 12.1. The highest BCUT2D eigenvalue weighted by Crippen LogP contribution is 2.31. The van der Waals surface area contributed by atoms with Gasteiger partial charge in [-0.15, -0.1) is 0 Å². The van der Waals surface area contributed by atoms with Gasteiger partial charge in [0.2, 0.25) is 0 Å². The highest BCUT2D eigenvalue weighted by atomic mass is 35.5. The molecule has 0 bridgehead atoms. The first-order valence-electron chi connectivity index (χ1n) is 14.1. The molecule has 0 aliphatic carbocycles. The molecule has 1 aromatic heterocycles. The van der Waals surface area contributed by atoms with Gasteiger partial charge < -0.3 is 14.0 Å². The van der Waals surface area contributed by atoms with Gasteiger partial charge in [0.25, 0.3) is 0 Å². The third-order valence-corrected chi connectivity index (χ3v) is 7.55. The van der Waals surface area contributed by atoms with Crippen molar-refractivity contribution in [3.8, 4) is 28.1 Å². The molecule has 4 aromatic carbocycles. The van der Waals surface area contributed by atoms with Gasteiger partial charge >= 0.3 is 5.97 Å². The second-order valence-electron chi connectivity index (χ2n) is 10.1. The first-order chi connectivity index (χ1) is 20.9. The molecule has 0 radical (unpaired) electrons. The highest BCUT2D eigenvalue weighted by molar-refractivity contribution is 6.36. The molecule has 7 heteroatoms. The number of aromatic nitrogens is 2. The molecule has 1 heterocycles. The predicted octanol–water partition coefficient (Wildman–Crippen LogP) is 9.71. The van der Waals surface area contributed by atoms with E-state index in [9.17, 15) is 4.79 Å². The standard InChI is InChI=1S/C36H32Cl2N2O3/c1-3-4-20-43-31-16-13-28(14-17-31)27-11-8-25(9-12-27)10-19-35-39-34(32-18-15-30(37)22-33(32)38)24-40(35)23-26-6-5-7-29(21-26)36(41)42-2/h5-19,21-22,24H,3-4,20,23H2,1-2H3. The molecular weight excluding hydrogens is 579 g/mol. The van der Waals surface area contributed by atoms with Crippen molar-refractivity contribution in [1.82, 2.24) is 9.55 Å². The van der Waals surface area contributed by atoms with Crippen LogP contribution in [0.4, 0.5) is 0 Å². The lowest BCUT2D eigenvalue weighted by molar-refractivity contribution is 0.0600. The van der Waals surface area contributed by atoms with E-state index in [1.54, 1.807) is 18.2 Å². The Labute approximate surface area is 262 Å². The van der Waals surface area contributed by atoms with Gasteiger partial charge in [0.1, 0.15) is 11.6 Å². The van der Waals surface area contributed by atoms with Crippen molar-refractivity contribution in [2.45, 2.75) is 26.3 Å². The third-order valence-electron chi connectivity index (χ3n) is 7.01. The van der Waals surface area contributed by atoms with Crippen LogP contribution in [0.5, 0.6) is 5.75 Å². The molecule has 0 aliphatic heterocycles. The van der Waals surface area contributed by atoms with E-state index in [0.29, 0.717) is 22.2 Å². The Hall–Kier alpha value is -4.32. The molecule has 43 heavy (non-hydrogen) atoms. The van der Waals surface area contributed by atoms with Gasteiger partial charge in [0, 0.05) is 23.3 Å². The number of hydrogen-bond acceptors (Lipinski definition) is 4. The van der Waals surface area contributed by atoms with Crippen LogP contribution in [0, 0.1) is 0 Å². The van der Waals surface area contributed by atoms with Crippen molar-refractivity contribution in [2.75, 3.05) is 13.7 Å². The van der Waals surface area contributed by atoms with Crippen LogP contribution in [0.1, 0.15) is 47.1 Å². The number of nitrogens with zero attached hydrogens (tertiary/aromatic N) is 2. The molecule has 218 valence electrons. The van der Waals surface area contributed by atoms with E-state index in [4.69, 9.17) is 37.7 Å². The predicted molar refractivity (Wildman–Crippen MR) is 176 cm³/mol. The summed E-state index contributed by atoms with van der Waals surface area (Å²) in [4.78, 5) is 17.0. The summed E-state index contributed by atoms with van der Waals surface area (Å²) < 4.78 is 12.7. The van der Waals surface area contributed by atoms with Crippen LogP contribution in [0.2, 0.25) is 10.0 Å². The molecule has 0 fully saturated rings. The van der Waals surface area contributed by atoms with Crippen LogP contribution in [0.25, 0.3) is 34.5 Å². The number of carbonyl (C=O) groups excluding carboxylic acids is 1. The lowest BCUT2D eigenvalue weighted by Crippen LogP contribution is -2.05. The molecule has 0 saturated carbocycles. The fourth-order valence-electron chi connectivity index (χ4n) is 4.66. The Morgan fingerprint density at radius 3 is 2.35 bits per heavy atom. The van der Waals surface area contributed by atoms with E-state index >= 15 is 0 Å². The highest BCUT2D eigenvalue weighted by Gasteiger charge is 2.13. The molecule has 0 amide bonds. The Balaban J connectivity index is 1.39. The smallest absolute Gasteiger partial charge is 0.337 e. The Morgan fingerprint density at radius 1 is 0.907 bits per heavy atom. The Bertz CT molecular complexity index is 1720. The summed E-state index contributed by atoms with van der Waals surface area (Å²) in [6.07, 6.45) is 8.14. The average molecular weight is 612 g/mol. The maximum Gasteiger partial charge on any atom is 0.337 e. The largest absolute Gasteiger partial charge is 0.494 e. The van der Waals surface area contributed by atoms with Gasteiger partial charge in [0.05, 0.1) is 30.0 Å². The molecule has 0 N–H and O–H groups in total. The van der Waals surface area contributed by atoms with Gasteiger partial charge in [-0.1, -0.05) is 91.2 Å². The number of esters is 1. The van der Waals surface area contributed by atoms with Crippen molar-refractivity contribution >= 4 is 41.3 Å². The van der Waals surface area contributed by atoms with Crippen LogP contribution in [0.15, 0.2) is 97.2 Å². The second kappa shape index (κ2) is 14.2. The molecule has 0 aliphatic rings. The topological polar surface area (TPSA) is 53.4 Å². The first-order valence-corrected chi connectivity index (χ1v) is 14.9. The minimum absolute atomic E-state index is 0.374. The van der Waals surface area contributed by atoms with Gasteiger partial charge in [0.15, 0.2) is 0 Å². The van der Waals surface area contributed by atoms with Gasteiger partial charge in [-0.05, 0) is 77.2 Å². The van der Waals surface area contributed by atoms with E-state index in [-0.39, 0.29) is 5.97 Å². The summed E-state index contributed by atoms with van der Waals surface area (Å²) in [5.74, 6) is 1.26. The number of imidazole rings is 1. The average Bonchev–Trinajstić information content (AvgIpc) is 3.42. The van der Waals surface area contributed by atoms with Gasteiger partial charge in [-0.25, -0.2) is 9.78 Å². The van der Waals surface area contributed by atoms with E-state index in [2.05, 4.69) is 43.3 Å². The summed E-state index contributed by atoms with van der Waals surface area (Å²) in [6, 6.07) is 29.3. The Morgan fingerprint density at radius 2 is 1.65 bits per heavy atom. The Kier molecular flexibility index (Phi) is 9.98. The monoisotopic (exact) mass is 610 g/mol. The molecule has 5 nitrogen and oxygen atoms in total. The molecule has 5 rings (SSSR count). The number of unbranched alkanes of at least 4 members (excludes halogenated alkanes) is 1. The van der Waals surface area contributed by atoms with Crippen LogP contribution in [-0.2, 0) is 11.3 Å². The molecule has 5 aromatic rings. The van der Waals surface area contributed by atoms with E-state index < -0.39 is 0 Å². The number of methoxy groups -OCH3 is 1. The van der Waals surface area contributed by atoms with Crippen molar-refractivity contribution in [3.63, 3.8) is 0 Å². The van der Waals surface area contributed by atoms with Crippen LogP contribution in [-0.4, -0.2) is 29.2 Å². The summed E-state index contributed by atoms with van der Waals surface area (Å²) in [7, 11) is 1.38. The normalized spacial score (nSPS) is 11.2. The van der Waals surface area contributed by atoms with Gasteiger partial charge in [-0.3, -0.25) is 0 Å². The van der Waals surface area contributed by atoms with Crippen molar-refractivity contribution < 1.29 is 14.3 Å². The summed E-state index contributed by atoms with van der Waals surface area (Å²) in [6.45, 7) is 3.39. The molecule has 0 spiro atoms. The van der Waals surface area contributed by atoms with Gasteiger partial charge in [-0.2, -0.15) is 0 Å². The summed E-state index contributed by atoms with van der Waals surface area (Å²) in [5, 5.41) is 1.09. The zero-order valence-electron chi connectivity index (χ0n) is 24.1. The summed E-state index contributed by atoms with van der Waals surface area (Å²) >= 11 is 12.7. The van der Waals surface area contributed by atoms with E-state index in [0.717, 1.165) is 64.5 Å². The van der Waals surface area contributed by atoms with Crippen LogP contribution < -0.4 is 4.74 Å². The lowest BCUT2D eigenvalue weighted by Gasteiger charge is -2.08. The zero-order valence-corrected chi connectivity index (χ0v) is 25.6. The number of halogens is 2. The summed E-state index contributed by atoms with van der Waals surface area (Å²) in [5.41, 5.74) is 6.25. The quantitative estimate of drug-likeness (QED) is 0.110. The zero-order chi connectivity index (χ0) is 30.2. The lowest BCUT2D eigenvalue weighted by atomic mass is 10.0. The van der Waals surface area contributed by atoms with E-state index in [1.165, 1.54) is 7.11 Å². The molecule has 0 atom stereocenters. The van der Waals surface area contributed by atoms with Crippen LogP contribution >= 0.6 is 23.2 Å². The number of carbonyl (C=O) groups is 1. The SMILES string of the molecule is CCCCOc1ccc(-c2ccc(C=Cc3nc(-c4ccc(Cl)cc4Cl)cn3Cc3cccc(C(=O)OC)c3)cc2)cc1. The first kappa shape index (κ1) is 30.1. The minimum atomic E-state index is -0.374. The van der Waals surface area contributed by atoms with Crippen molar-refractivity contribution in [1.29, 1.82) is 0 Å². The van der Waals surface area contributed by atoms with Crippen molar-refractivity contribution in [2.24, 2.45) is 0 Å². The van der Waals surface area contributed by atoms with Crippen molar-refractivity contribution in [3.05, 3.63) is 130 Å². The molecule has 0 unspecified atom stereocenters. The molecule has 0 saturated heterocycles. The number of ether oxygens (including phenoxy) is 2. The fourth-order valence-corrected chi connectivity index (χ4v) is 5.17. The van der Waals surface area contributed by atoms with E-state index in [1.807, 2.05) is 59.3 Å². The minimum Gasteiger partial charge on any atom is -0.494 e. The second-order valence-corrected chi connectivity index (χ2v) is 11.0. The number of hydrogen-bond donors (Lipinski definition) is 0. The fraction of sp³-hybridized carbons (Fsp3) is 0.167.